The predicted molar refractivity (Wildman–Crippen MR) is 135 cm³/mol. The van der Waals surface area contributed by atoms with Crippen molar-refractivity contribution in [2.24, 2.45) is 0 Å². The standard InChI is InChI=1S/C29H23BrN2O/c30-26-18-10-11-22(19-26)28(33)27-20-32(21-31-27)29(23-12-4-1-5-13-23,24-14-6-2-7-15-24)25-16-8-3-9-17-25/h1-21,28,33H. The Morgan fingerprint density at radius 3 is 1.70 bits per heavy atom. The maximum atomic E-state index is 11.1. The van der Waals surface area contributed by atoms with E-state index in [1.54, 1.807) is 0 Å². The molecule has 5 aromatic rings. The van der Waals surface area contributed by atoms with Gasteiger partial charge in [0.1, 0.15) is 11.6 Å². The van der Waals surface area contributed by atoms with Crippen molar-refractivity contribution in [1.82, 2.24) is 9.55 Å². The monoisotopic (exact) mass is 494 g/mol. The lowest BCUT2D eigenvalue weighted by atomic mass is 9.77. The van der Waals surface area contributed by atoms with E-state index in [9.17, 15) is 5.11 Å². The van der Waals surface area contributed by atoms with Gasteiger partial charge in [0.15, 0.2) is 0 Å². The highest BCUT2D eigenvalue weighted by atomic mass is 79.9. The molecule has 1 aromatic heterocycles. The van der Waals surface area contributed by atoms with Crippen molar-refractivity contribution in [2.45, 2.75) is 11.6 Å². The van der Waals surface area contributed by atoms with Gasteiger partial charge in [-0.25, -0.2) is 4.98 Å². The molecule has 0 saturated heterocycles. The van der Waals surface area contributed by atoms with Crippen molar-refractivity contribution >= 4 is 15.9 Å². The average Bonchev–Trinajstić information content (AvgIpc) is 3.37. The minimum absolute atomic E-state index is 0.597. The summed E-state index contributed by atoms with van der Waals surface area (Å²) in [5.74, 6) is 0. The molecule has 33 heavy (non-hydrogen) atoms. The third-order valence-electron chi connectivity index (χ3n) is 6.01. The van der Waals surface area contributed by atoms with Gasteiger partial charge in [0.05, 0.1) is 12.0 Å². The topological polar surface area (TPSA) is 38.0 Å². The molecule has 0 aliphatic carbocycles. The first-order chi connectivity index (χ1) is 16.2. The van der Waals surface area contributed by atoms with Crippen molar-refractivity contribution < 1.29 is 5.11 Å². The van der Waals surface area contributed by atoms with Crippen LogP contribution in [0.1, 0.15) is 34.1 Å². The number of imidazole rings is 1. The van der Waals surface area contributed by atoms with E-state index in [2.05, 4.69) is 98.3 Å². The Labute approximate surface area is 202 Å². The van der Waals surface area contributed by atoms with Gasteiger partial charge < -0.3 is 9.67 Å². The second-order valence-corrected chi connectivity index (χ2v) is 8.89. The Balaban J connectivity index is 1.74. The molecular formula is C29H23BrN2O. The molecule has 0 saturated carbocycles. The quantitative estimate of drug-likeness (QED) is 0.271. The first-order valence-corrected chi connectivity index (χ1v) is 11.6. The van der Waals surface area contributed by atoms with Crippen LogP contribution in [0.3, 0.4) is 0 Å². The molecule has 4 heteroatoms. The van der Waals surface area contributed by atoms with Crippen LogP contribution in [0.25, 0.3) is 0 Å². The molecule has 1 heterocycles. The summed E-state index contributed by atoms with van der Waals surface area (Å²) in [6.07, 6.45) is 2.95. The first kappa shape index (κ1) is 21.4. The van der Waals surface area contributed by atoms with Crippen LogP contribution in [0.4, 0.5) is 0 Å². The normalized spacial score (nSPS) is 12.4. The molecule has 0 aliphatic heterocycles. The molecular weight excluding hydrogens is 472 g/mol. The maximum Gasteiger partial charge on any atom is 0.123 e. The van der Waals surface area contributed by atoms with Crippen LogP contribution in [-0.4, -0.2) is 14.7 Å². The maximum absolute atomic E-state index is 11.1. The zero-order valence-electron chi connectivity index (χ0n) is 17.9. The van der Waals surface area contributed by atoms with Crippen molar-refractivity contribution in [3.8, 4) is 0 Å². The van der Waals surface area contributed by atoms with E-state index in [0.717, 1.165) is 26.7 Å². The smallest absolute Gasteiger partial charge is 0.123 e. The highest BCUT2D eigenvalue weighted by Gasteiger charge is 2.38. The van der Waals surface area contributed by atoms with Crippen molar-refractivity contribution in [2.75, 3.05) is 0 Å². The summed E-state index contributed by atoms with van der Waals surface area (Å²) in [5, 5.41) is 11.1. The van der Waals surface area contributed by atoms with Crippen LogP contribution in [0.2, 0.25) is 0 Å². The number of aliphatic hydroxyl groups excluding tert-OH is 1. The lowest BCUT2D eigenvalue weighted by Gasteiger charge is -2.37. The zero-order chi connectivity index (χ0) is 22.7. The molecule has 0 bridgehead atoms. The summed E-state index contributed by atoms with van der Waals surface area (Å²) in [5.41, 5.74) is 4.08. The fraction of sp³-hybridized carbons (Fsp3) is 0.0690. The van der Waals surface area contributed by atoms with Crippen molar-refractivity contribution in [3.63, 3.8) is 0 Å². The van der Waals surface area contributed by atoms with Gasteiger partial charge in [0.25, 0.3) is 0 Å². The molecule has 4 aromatic carbocycles. The van der Waals surface area contributed by atoms with Gasteiger partial charge >= 0.3 is 0 Å². The van der Waals surface area contributed by atoms with Gasteiger partial charge in [-0.1, -0.05) is 119 Å². The van der Waals surface area contributed by atoms with Crippen LogP contribution in [-0.2, 0) is 5.54 Å². The molecule has 0 amide bonds. The van der Waals surface area contributed by atoms with Gasteiger partial charge in [-0.15, -0.1) is 0 Å². The molecule has 162 valence electrons. The Hall–Kier alpha value is -3.47. The zero-order valence-corrected chi connectivity index (χ0v) is 19.5. The Morgan fingerprint density at radius 1 is 0.697 bits per heavy atom. The van der Waals surface area contributed by atoms with Gasteiger partial charge in [0, 0.05) is 10.7 Å². The molecule has 0 spiro atoms. The number of hydrogen-bond donors (Lipinski definition) is 1. The summed E-state index contributed by atoms with van der Waals surface area (Å²) in [4.78, 5) is 4.66. The molecule has 3 nitrogen and oxygen atoms in total. The van der Waals surface area contributed by atoms with E-state index < -0.39 is 11.6 Å². The molecule has 1 N–H and O–H groups in total. The van der Waals surface area contributed by atoms with Crippen LogP contribution in [0.5, 0.6) is 0 Å². The summed E-state index contributed by atoms with van der Waals surface area (Å²) in [6.45, 7) is 0. The highest BCUT2D eigenvalue weighted by molar-refractivity contribution is 9.10. The van der Waals surface area contributed by atoms with Crippen molar-refractivity contribution in [3.05, 3.63) is 160 Å². The van der Waals surface area contributed by atoms with E-state index in [1.807, 2.05) is 55.0 Å². The van der Waals surface area contributed by atoms with E-state index >= 15 is 0 Å². The molecule has 0 radical (unpaired) electrons. The molecule has 5 rings (SSSR count). The van der Waals surface area contributed by atoms with Gasteiger partial charge in [-0.3, -0.25) is 0 Å². The van der Waals surface area contributed by atoms with Gasteiger partial charge in [-0.2, -0.15) is 0 Å². The summed E-state index contributed by atoms with van der Waals surface area (Å²) in [7, 11) is 0. The number of benzene rings is 4. The minimum Gasteiger partial charge on any atom is -0.382 e. The fourth-order valence-electron chi connectivity index (χ4n) is 4.50. The second-order valence-electron chi connectivity index (χ2n) is 7.97. The number of rotatable bonds is 6. The van der Waals surface area contributed by atoms with Crippen LogP contribution < -0.4 is 0 Å². The third-order valence-corrected chi connectivity index (χ3v) is 6.50. The Kier molecular flexibility index (Phi) is 5.95. The number of halogens is 1. The Bertz CT molecular complexity index is 1240. The summed E-state index contributed by atoms with van der Waals surface area (Å²) in [6, 6.07) is 39.0. The van der Waals surface area contributed by atoms with Crippen LogP contribution in [0.15, 0.2) is 132 Å². The van der Waals surface area contributed by atoms with Gasteiger partial charge in [0.2, 0.25) is 0 Å². The largest absolute Gasteiger partial charge is 0.382 e. The number of hydrogen-bond acceptors (Lipinski definition) is 2. The minimum atomic E-state index is -0.830. The number of aromatic nitrogens is 2. The third kappa shape index (κ3) is 3.92. The lowest BCUT2D eigenvalue weighted by Crippen LogP contribution is -2.37. The fourth-order valence-corrected chi connectivity index (χ4v) is 4.91. The molecule has 1 atom stereocenters. The number of aliphatic hydroxyl groups is 1. The first-order valence-electron chi connectivity index (χ1n) is 10.8. The van der Waals surface area contributed by atoms with E-state index in [4.69, 9.17) is 0 Å². The van der Waals surface area contributed by atoms with E-state index in [1.165, 1.54) is 0 Å². The van der Waals surface area contributed by atoms with E-state index in [-0.39, 0.29) is 0 Å². The Morgan fingerprint density at radius 2 is 1.21 bits per heavy atom. The van der Waals surface area contributed by atoms with Crippen LogP contribution in [0, 0.1) is 0 Å². The second kappa shape index (κ2) is 9.18. The lowest BCUT2D eigenvalue weighted by molar-refractivity contribution is 0.215. The average molecular weight is 495 g/mol. The molecule has 0 aliphatic rings. The molecule has 1 unspecified atom stereocenters. The van der Waals surface area contributed by atoms with Crippen LogP contribution >= 0.6 is 15.9 Å². The van der Waals surface area contributed by atoms with E-state index in [0.29, 0.717) is 5.69 Å². The SMILES string of the molecule is OC(c1cccc(Br)c1)c1cn(C(c2ccccc2)(c2ccccc2)c2ccccc2)cn1. The van der Waals surface area contributed by atoms with Crippen molar-refractivity contribution in [1.29, 1.82) is 0 Å². The van der Waals surface area contributed by atoms with Gasteiger partial charge in [-0.05, 0) is 34.4 Å². The summed E-state index contributed by atoms with van der Waals surface area (Å²) >= 11 is 3.49. The molecule has 0 fully saturated rings. The summed E-state index contributed by atoms with van der Waals surface area (Å²) < 4.78 is 3.04. The highest BCUT2D eigenvalue weighted by Crippen LogP contribution is 2.41. The number of nitrogens with zero attached hydrogens (tertiary/aromatic N) is 2. The predicted octanol–water partition coefficient (Wildman–Crippen LogP) is 6.57.